The van der Waals surface area contributed by atoms with Crippen LogP contribution in [0.25, 0.3) is 0 Å². The van der Waals surface area contributed by atoms with Gasteiger partial charge in [0.05, 0.1) is 17.4 Å². The largest absolute Gasteiger partial charge is 0.462 e. The summed E-state index contributed by atoms with van der Waals surface area (Å²) in [6.45, 7) is 9.42. The number of benzene rings is 1. The topological polar surface area (TPSA) is 72.8 Å². The molecule has 5 rings (SSSR count). The van der Waals surface area contributed by atoms with Gasteiger partial charge in [0.25, 0.3) is 0 Å². The first-order chi connectivity index (χ1) is 20.5. The third-order valence-corrected chi connectivity index (χ3v) is 11.6. The van der Waals surface area contributed by atoms with Gasteiger partial charge in [0.15, 0.2) is 0 Å². The van der Waals surface area contributed by atoms with E-state index in [1.165, 1.54) is 18.4 Å². The smallest absolute Gasteiger partial charge is 0.331 e. The van der Waals surface area contributed by atoms with Gasteiger partial charge in [-0.3, -0.25) is 4.79 Å². The zero-order valence-electron chi connectivity index (χ0n) is 26.9. The fourth-order valence-corrected chi connectivity index (χ4v) is 9.52. The van der Waals surface area contributed by atoms with Gasteiger partial charge in [-0.2, -0.15) is 0 Å². The van der Waals surface area contributed by atoms with Crippen LogP contribution in [0.5, 0.6) is 0 Å². The first-order valence-corrected chi connectivity index (χ1v) is 16.8. The highest BCUT2D eigenvalue weighted by Gasteiger charge is 2.71. The van der Waals surface area contributed by atoms with Gasteiger partial charge in [0.1, 0.15) is 12.7 Å². The van der Waals surface area contributed by atoms with Crippen molar-refractivity contribution in [1.29, 1.82) is 0 Å². The highest BCUT2D eigenvalue weighted by atomic mass is 16.5. The van der Waals surface area contributed by atoms with Crippen LogP contribution in [0.1, 0.15) is 117 Å². The molecule has 6 atom stereocenters. The highest BCUT2D eigenvalue weighted by molar-refractivity contribution is 5.85. The summed E-state index contributed by atoms with van der Waals surface area (Å²) in [5.74, 6) is 7.01. The van der Waals surface area contributed by atoms with Crippen LogP contribution in [0.3, 0.4) is 0 Å². The Bertz CT molecular complexity index is 1250. The molecule has 4 aliphatic rings. The molecule has 0 saturated heterocycles. The van der Waals surface area contributed by atoms with Gasteiger partial charge in [0, 0.05) is 30.3 Å². The second-order valence-corrected chi connectivity index (χ2v) is 15.0. The molecule has 5 heteroatoms. The van der Waals surface area contributed by atoms with E-state index < -0.39 is 16.4 Å². The Hall–Kier alpha value is -2.58. The fraction of sp³-hybridized carbons (Fsp3) is 0.684. The Kier molecular flexibility index (Phi) is 9.48. The van der Waals surface area contributed by atoms with Gasteiger partial charge < -0.3 is 14.6 Å². The number of fused-ring (bicyclic) bond motifs is 4. The molecular formula is C38H52O5. The van der Waals surface area contributed by atoms with Crippen LogP contribution in [0.15, 0.2) is 42.0 Å². The summed E-state index contributed by atoms with van der Waals surface area (Å²) in [5, 5.41) is 13.4. The number of ether oxygens (including phenoxy) is 2. The van der Waals surface area contributed by atoms with Crippen molar-refractivity contribution in [3.8, 4) is 11.8 Å². The Balaban J connectivity index is 1.43. The molecule has 1 N–H and O–H groups in total. The first-order valence-electron chi connectivity index (χ1n) is 16.8. The second-order valence-electron chi connectivity index (χ2n) is 15.0. The van der Waals surface area contributed by atoms with E-state index in [0.29, 0.717) is 44.6 Å². The van der Waals surface area contributed by atoms with E-state index in [-0.39, 0.29) is 29.4 Å². The van der Waals surface area contributed by atoms with Gasteiger partial charge in [-0.15, -0.1) is 5.92 Å². The van der Waals surface area contributed by atoms with Gasteiger partial charge in [0.2, 0.25) is 0 Å². The van der Waals surface area contributed by atoms with Crippen LogP contribution in [-0.2, 0) is 25.5 Å². The normalized spacial score (nSPS) is 33.8. The molecule has 0 radical (unpaired) electrons. The third-order valence-electron chi connectivity index (χ3n) is 11.6. The van der Waals surface area contributed by atoms with Gasteiger partial charge >= 0.3 is 11.9 Å². The van der Waals surface area contributed by atoms with Crippen molar-refractivity contribution >= 4 is 11.9 Å². The maximum Gasteiger partial charge on any atom is 0.331 e. The number of carbonyl (C=O) groups excluding carboxylic acids is 2. The maximum absolute atomic E-state index is 13.4. The molecule has 2 aliphatic heterocycles. The molecule has 5 nitrogen and oxygen atoms in total. The van der Waals surface area contributed by atoms with Crippen molar-refractivity contribution in [1.82, 2.24) is 0 Å². The molecule has 0 unspecified atom stereocenters. The molecule has 2 bridgehead atoms. The monoisotopic (exact) mass is 588 g/mol. The van der Waals surface area contributed by atoms with E-state index >= 15 is 0 Å². The summed E-state index contributed by atoms with van der Waals surface area (Å²) in [5.41, 5.74) is -0.00767. The van der Waals surface area contributed by atoms with Crippen molar-refractivity contribution in [3.63, 3.8) is 0 Å². The van der Waals surface area contributed by atoms with E-state index in [4.69, 9.17) is 9.47 Å². The maximum atomic E-state index is 13.4. The molecule has 0 aromatic heterocycles. The predicted octanol–water partition coefficient (Wildman–Crippen LogP) is 7.74. The first kappa shape index (κ1) is 31.8. The van der Waals surface area contributed by atoms with Crippen LogP contribution >= 0.6 is 0 Å². The average Bonchev–Trinajstić information content (AvgIpc) is 3.40. The van der Waals surface area contributed by atoms with Crippen molar-refractivity contribution in [2.45, 2.75) is 129 Å². The SMILES string of the molecule is C[C@H](CCCc1ccccc1)CCC[C@]12CCCC(C)(C)[C@@H]1[C@H]1C[C@](C)(C#CCCC(=O)O1)[C@]2(O)CCC1=CC(=O)OC1. The molecule has 2 aliphatic carbocycles. The van der Waals surface area contributed by atoms with Crippen LogP contribution < -0.4 is 0 Å². The van der Waals surface area contributed by atoms with Gasteiger partial charge in [-0.05, 0) is 74.3 Å². The van der Waals surface area contributed by atoms with Crippen LogP contribution in [-0.4, -0.2) is 35.4 Å². The number of aliphatic hydroxyl groups is 1. The molecule has 2 fully saturated rings. The summed E-state index contributed by atoms with van der Waals surface area (Å²) in [4.78, 5) is 24.9. The number of hydrogen-bond donors (Lipinski definition) is 1. The molecule has 43 heavy (non-hydrogen) atoms. The number of rotatable bonds is 11. The minimum Gasteiger partial charge on any atom is -0.462 e. The Morgan fingerprint density at radius 3 is 2.53 bits per heavy atom. The molecule has 0 spiro atoms. The Morgan fingerprint density at radius 1 is 1.02 bits per heavy atom. The van der Waals surface area contributed by atoms with Crippen molar-refractivity contribution in [3.05, 3.63) is 47.5 Å². The number of carbonyl (C=O) groups is 2. The van der Waals surface area contributed by atoms with E-state index in [1.807, 2.05) is 0 Å². The average molecular weight is 589 g/mol. The fourth-order valence-electron chi connectivity index (χ4n) is 9.52. The molecule has 0 amide bonds. The Morgan fingerprint density at radius 2 is 1.79 bits per heavy atom. The number of aryl methyl sites for hydroxylation is 1. The molecule has 1 aromatic rings. The van der Waals surface area contributed by atoms with E-state index in [1.54, 1.807) is 6.08 Å². The quantitative estimate of drug-likeness (QED) is 0.211. The van der Waals surface area contributed by atoms with E-state index in [0.717, 1.165) is 50.5 Å². The minimum atomic E-state index is -1.09. The summed E-state index contributed by atoms with van der Waals surface area (Å²) >= 11 is 0. The Labute approximate surface area is 259 Å². The minimum absolute atomic E-state index is 0.0412. The van der Waals surface area contributed by atoms with Crippen LogP contribution in [0, 0.1) is 39.9 Å². The van der Waals surface area contributed by atoms with Crippen LogP contribution in [0.2, 0.25) is 0 Å². The summed E-state index contributed by atoms with van der Waals surface area (Å²) < 4.78 is 11.6. The molecule has 2 saturated carbocycles. The number of hydrogen-bond acceptors (Lipinski definition) is 5. The van der Waals surface area contributed by atoms with Crippen molar-refractivity contribution in [2.24, 2.45) is 28.1 Å². The van der Waals surface area contributed by atoms with Crippen molar-refractivity contribution in [2.75, 3.05) is 6.61 Å². The zero-order valence-corrected chi connectivity index (χ0v) is 26.9. The summed E-state index contributed by atoms with van der Waals surface area (Å²) in [6, 6.07) is 10.7. The molecule has 2 heterocycles. The molecule has 234 valence electrons. The lowest BCUT2D eigenvalue weighted by molar-refractivity contribution is -0.276. The number of esters is 2. The lowest BCUT2D eigenvalue weighted by atomic mass is 9.38. The zero-order chi connectivity index (χ0) is 30.7. The van der Waals surface area contributed by atoms with Gasteiger partial charge in [-0.25, -0.2) is 4.79 Å². The van der Waals surface area contributed by atoms with E-state index in [9.17, 15) is 14.7 Å². The predicted molar refractivity (Wildman–Crippen MR) is 169 cm³/mol. The standard InChI is InChI=1S/C38H52O5/c1-28(13-10-17-29-15-6-5-7-16-29)14-11-22-37-23-12-20-35(2,3)34(37)31-26-36(4,21-9-8-18-32(39)43-31)38(37,41)24-19-30-25-33(40)42-27-30/h5-7,15-16,25,28,31,34,41H,8,10-14,17-20,22-24,26-27H2,1-4H3/t28-,31-,34+,36+,37+,38-/m1/s1. The van der Waals surface area contributed by atoms with Gasteiger partial charge in [-0.1, -0.05) is 82.7 Å². The van der Waals surface area contributed by atoms with Crippen molar-refractivity contribution < 1.29 is 24.2 Å². The molecular weight excluding hydrogens is 536 g/mol. The number of cyclic esters (lactones) is 1. The lowest BCUT2D eigenvalue weighted by Crippen LogP contribution is -2.71. The summed E-state index contributed by atoms with van der Waals surface area (Å²) in [7, 11) is 0. The highest BCUT2D eigenvalue weighted by Crippen LogP contribution is 2.69. The summed E-state index contributed by atoms with van der Waals surface area (Å²) in [6.07, 6.45) is 13.2. The van der Waals surface area contributed by atoms with E-state index in [2.05, 4.69) is 69.9 Å². The third kappa shape index (κ3) is 6.46. The van der Waals surface area contributed by atoms with Crippen LogP contribution in [0.4, 0.5) is 0 Å². The second kappa shape index (κ2) is 12.8. The lowest BCUT2D eigenvalue weighted by Gasteiger charge is -2.68. The molecule has 1 aromatic carbocycles.